The molecule has 5 nitrogen and oxygen atoms in total. The molecular weight excluding hydrogens is 384 g/mol. The van der Waals surface area contributed by atoms with Gasteiger partial charge in [0.15, 0.2) is 5.78 Å². The van der Waals surface area contributed by atoms with E-state index >= 15 is 0 Å². The lowest BCUT2D eigenvalue weighted by molar-refractivity contribution is 0.104. The third kappa shape index (κ3) is 5.34. The summed E-state index contributed by atoms with van der Waals surface area (Å²) in [6, 6.07) is 12.5. The number of hydrogen-bond donors (Lipinski definition) is 1. The molecule has 1 aliphatic heterocycles. The Balaban J connectivity index is 1.65. The number of hydrogen-bond acceptors (Lipinski definition) is 4. The molecule has 2 aromatic rings. The van der Waals surface area contributed by atoms with Crippen LogP contribution in [0.2, 0.25) is 0 Å². The van der Waals surface area contributed by atoms with Crippen molar-refractivity contribution in [1.82, 2.24) is 4.31 Å². The first kappa shape index (κ1) is 21.3. The largest absolute Gasteiger partial charge is 0.362 e. The number of carbonyl (C=O) groups excluding carboxylic acids is 1. The van der Waals surface area contributed by atoms with Crippen LogP contribution < -0.4 is 5.32 Å². The summed E-state index contributed by atoms with van der Waals surface area (Å²) >= 11 is 0. The van der Waals surface area contributed by atoms with Crippen molar-refractivity contribution in [3.8, 4) is 0 Å². The normalized spacial score (nSPS) is 15.9. The van der Waals surface area contributed by atoms with Crippen molar-refractivity contribution >= 4 is 21.5 Å². The van der Waals surface area contributed by atoms with Gasteiger partial charge in [-0.15, -0.1) is 0 Å². The van der Waals surface area contributed by atoms with Crippen molar-refractivity contribution in [1.29, 1.82) is 0 Å². The second-order valence-corrected chi connectivity index (χ2v) is 9.44. The number of rotatable bonds is 6. The molecule has 1 N–H and O–H groups in total. The Morgan fingerprint density at radius 2 is 1.62 bits per heavy atom. The maximum atomic E-state index is 12.8. The van der Waals surface area contributed by atoms with E-state index in [1.165, 1.54) is 6.08 Å². The number of nitrogens with zero attached hydrogens (tertiary/aromatic N) is 1. The van der Waals surface area contributed by atoms with Crippen LogP contribution in [0.1, 0.15) is 47.2 Å². The molecule has 0 bridgehead atoms. The molecule has 0 spiro atoms. The summed E-state index contributed by atoms with van der Waals surface area (Å²) in [6.07, 6.45) is 7.08. The molecule has 0 radical (unpaired) electrons. The number of allylic oxidation sites excluding steroid dienone is 1. The van der Waals surface area contributed by atoms with Gasteiger partial charge in [-0.25, -0.2) is 8.42 Å². The maximum absolute atomic E-state index is 12.8. The highest BCUT2D eigenvalue weighted by molar-refractivity contribution is 7.89. The third-order valence-electron chi connectivity index (χ3n) is 5.20. The highest BCUT2D eigenvalue weighted by atomic mass is 32.2. The molecule has 0 saturated carbocycles. The summed E-state index contributed by atoms with van der Waals surface area (Å²) in [5.41, 5.74) is 3.39. The summed E-state index contributed by atoms with van der Waals surface area (Å²) in [5.74, 6) is -0.0703. The maximum Gasteiger partial charge on any atom is 0.243 e. The van der Waals surface area contributed by atoms with Crippen molar-refractivity contribution in [2.24, 2.45) is 0 Å². The molecule has 3 rings (SSSR count). The molecule has 1 fully saturated rings. The standard InChI is InChI=1S/C23H28N2O3S/c1-18-7-8-19(2)22(17-18)23(26)13-14-24-20-9-11-21(12-10-20)29(27,28)25-15-5-3-4-6-16-25/h7-14,17,24H,3-6,15-16H2,1-2H3/b14-13+. The second kappa shape index (κ2) is 9.37. The lowest BCUT2D eigenvalue weighted by atomic mass is 10.0. The Bertz CT molecular complexity index is 987. The van der Waals surface area contributed by atoms with Gasteiger partial charge in [0.1, 0.15) is 0 Å². The van der Waals surface area contributed by atoms with E-state index in [2.05, 4.69) is 5.32 Å². The van der Waals surface area contributed by atoms with Crippen LogP contribution in [0.4, 0.5) is 5.69 Å². The highest BCUT2D eigenvalue weighted by Gasteiger charge is 2.24. The van der Waals surface area contributed by atoms with Crippen molar-refractivity contribution in [2.75, 3.05) is 18.4 Å². The molecule has 0 aromatic heterocycles. The van der Waals surface area contributed by atoms with Gasteiger partial charge in [0.05, 0.1) is 4.90 Å². The van der Waals surface area contributed by atoms with Crippen LogP contribution in [0, 0.1) is 13.8 Å². The van der Waals surface area contributed by atoms with Crippen LogP contribution in [0.25, 0.3) is 0 Å². The summed E-state index contributed by atoms with van der Waals surface area (Å²) in [6.45, 7) is 5.05. The van der Waals surface area contributed by atoms with Crippen molar-refractivity contribution in [3.05, 3.63) is 71.4 Å². The van der Waals surface area contributed by atoms with Gasteiger partial charge >= 0.3 is 0 Å². The Morgan fingerprint density at radius 1 is 0.966 bits per heavy atom. The van der Waals surface area contributed by atoms with Gasteiger partial charge in [-0.3, -0.25) is 4.79 Å². The number of sulfonamides is 1. The van der Waals surface area contributed by atoms with Crippen molar-refractivity contribution in [3.63, 3.8) is 0 Å². The van der Waals surface area contributed by atoms with Crippen molar-refractivity contribution < 1.29 is 13.2 Å². The number of carbonyl (C=O) groups is 1. The van der Waals surface area contributed by atoms with Gasteiger partial charge in [0, 0.05) is 36.6 Å². The van der Waals surface area contributed by atoms with Gasteiger partial charge in [0.25, 0.3) is 0 Å². The van der Waals surface area contributed by atoms with E-state index in [9.17, 15) is 13.2 Å². The lowest BCUT2D eigenvalue weighted by Crippen LogP contribution is -2.31. The van der Waals surface area contributed by atoms with Crippen LogP contribution in [0.3, 0.4) is 0 Å². The molecule has 1 heterocycles. The highest BCUT2D eigenvalue weighted by Crippen LogP contribution is 2.22. The monoisotopic (exact) mass is 412 g/mol. The predicted molar refractivity (Wildman–Crippen MR) is 117 cm³/mol. The summed E-state index contributed by atoms with van der Waals surface area (Å²) in [7, 11) is -3.45. The average Bonchev–Trinajstić information content (AvgIpc) is 3.00. The number of ketones is 1. The van der Waals surface area contributed by atoms with Crippen LogP contribution in [0.5, 0.6) is 0 Å². The van der Waals surface area contributed by atoms with E-state index in [1.807, 2.05) is 32.0 Å². The SMILES string of the molecule is Cc1ccc(C)c(C(=O)/C=C/Nc2ccc(S(=O)(=O)N3CCCCCC3)cc2)c1. The first-order chi connectivity index (χ1) is 13.9. The second-order valence-electron chi connectivity index (χ2n) is 7.50. The van der Waals surface area contributed by atoms with E-state index in [-0.39, 0.29) is 5.78 Å². The molecule has 0 unspecified atom stereocenters. The average molecular weight is 413 g/mol. The zero-order valence-corrected chi connectivity index (χ0v) is 17.8. The fourth-order valence-corrected chi connectivity index (χ4v) is 4.98. The molecule has 154 valence electrons. The molecule has 2 aromatic carbocycles. The van der Waals surface area contributed by atoms with Gasteiger partial charge in [-0.1, -0.05) is 30.5 Å². The topological polar surface area (TPSA) is 66.5 Å². The smallest absolute Gasteiger partial charge is 0.243 e. The quantitative estimate of drug-likeness (QED) is 0.553. The molecule has 0 aliphatic carbocycles. The van der Waals surface area contributed by atoms with Gasteiger partial charge in [-0.2, -0.15) is 4.31 Å². The van der Waals surface area contributed by atoms with Gasteiger partial charge in [-0.05, 0) is 62.6 Å². The van der Waals surface area contributed by atoms with Crippen LogP contribution in [0.15, 0.2) is 59.6 Å². The third-order valence-corrected chi connectivity index (χ3v) is 7.11. The van der Waals surface area contributed by atoms with E-state index in [4.69, 9.17) is 0 Å². The Kier molecular flexibility index (Phi) is 6.87. The predicted octanol–water partition coefficient (Wildman–Crippen LogP) is 4.68. The van der Waals surface area contributed by atoms with Crippen LogP contribution in [-0.2, 0) is 10.0 Å². The molecule has 0 amide bonds. The fraction of sp³-hybridized carbons (Fsp3) is 0.348. The zero-order chi connectivity index (χ0) is 20.9. The Labute approximate surface area is 173 Å². The number of aryl methyl sites for hydroxylation is 2. The first-order valence-electron chi connectivity index (χ1n) is 10.0. The molecular formula is C23H28N2O3S. The summed E-state index contributed by atoms with van der Waals surface area (Å²) < 4.78 is 27.2. The lowest BCUT2D eigenvalue weighted by Gasteiger charge is -2.20. The summed E-state index contributed by atoms with van der Waals surface area (Å²) in [5, 5.41) is 3.04. The minimum atomic E-state index is -3.45. The fourth-order valence-electron chi connectivity index (χ4n) is 3.46. The number of nitrogens with one attached hydrogen (secondary N) is 1. The van der Waals surface area contributed by atoms with Crippen LogP contribution >= 0.6 is 0 Å². The van der Waals surface area contributed by atoms with E-state index < -0.39 is 10.0 Å². The van der Waals surface area contributed by atoms with E-state index in [0.29, 0.717) is 23.5 Å². The minimum absolute atomic E-state index is 0.0703. The van der Waals surface area contributed by atoms with Crippen LogP contribution in [-0.4, -0.2) is 31.6 Å². The Morgan fingerprint density at radius 3 is 2.28 bits per heavy atom. The zero-order valence-electron chi connectivity index (χ0n) is 17.0. The number of anilines is 1. The summed E-state index contributed by atoms with van der Waals surface area (Å²) in [4.78, 5) is 12.7. The molecule has 1 aliphatic rings. The van der Waals surface area contributed by atoms with Gasteiger partial charge < -0.3 is 5.32 Å². The van der Waals surface area contributed by atoms with Gasteiger partial charge in [0.2, 0.25) is 10.0 Å². The molecule has 1 saturated heterocycles. The first-order valence-corrected chi connectivity index (χ1v) is 11.5. The minimum Gasteiger partial charge on any atom is -0.362 e. The van der Waals surface area contributed by atoms with Crippen molar-refractivity contribution in [2.45, 2.75) is 44.4 Å². The van der Waals surface area contributed by atoms with E-state index in [1.54, 1.807) is 34.8 Å². The molecule has 29 heavy (non-hydrogen) atoms. The van der Waals surface area contributed by atoms with E-state index in [0.717, 1.165) is 42.5 Å². The number of benzene rings is 2. The molecule has 0 atom stereocenters. The molecule has 6 heteroatoms. The Hall–Kier alpha value is -2.44.